The minimum Gasteiger partial charge on any atom is -0.327 e. The van der Waals surface area contributed by atoms with Gasteiger partial charge in [-0.3, -0.25) is 9.88 Å². The van der Waals surface area contributed by atoms with Crippen LogP contribution in [0.2, 0.25) is 0 Å². The molecular formula is C13H17N3S. The van der Waals surface area contributed by atoms with Gasteiger partial charge in [0.05, 0.1) is 22.0 Å². The smallest absolute Gasteiger partial charge is 0.0813 e. The van der Waals surface area contributed by atoms with E-state index in [1.165, 1.54) is 10.4 Å². The van der Waals surface area contributed by atoms with Gasteiger partial charge in [-0.15, -0.1) is 11.3 Å². The van der Waals surface area contributed by atoms with Crippen LogP contribution < -0.4 is 5.73 Å². The first-order chi connectivity index (χ1) is 8.24. The maximum Gasteiger partial charge on any atom is 0.0813 e. The predicted octanol–water partition coefficient (Wildman–Crippen LogP) is 2.39. The van der Waals surface area contributed by atoms with Gasteiger partial charge in [-0.1, -0.05) is 0 Å². The number of fused-ring (bicyclic) bond motifs is 1. The molecule has 2 N–H and O–H groups in total. The van der Waals surface area contributed by atoms with E-state index in [1.54, 1.807) is 11.3 Å². The van der Waals surface area contributed by atoms with E-state index in [2.05, 4.69) is 35.5 Å². The number of thiophene rings is 1. The molecule has 0 aliphatic carbocycles. The van der Waals surface area contributed by atoms with Gasteiger partial charge in [-0.25, -0.2) is 0 Å². The summed E-state index contributed by atoms with van der Waals surface area (Å²) in [6.45, 7) is 0.966. The molecule has 1 saturated heterocycles. The highest BCUT2D eigenvalue weighted by Gasteiger charge is 2.25. The van der Waals surface area contributed by atoms with E-state index in [0.29, 0.717) is 12.1 Å². The summed E-state index contributed by atoms with van der Waals surface area (Å²) in [6.07, 6.45) is 2.21. The molecule has 1 fully saturated rings. The Morgan fingerprint density at radius 3 is 3.06 bits per heavy atom. The molecule has 0 amide bonds. The van der Waals surface area contributed by atoms with Gasteiger partial charge in [0.15, 0.2) is 0 Å². The summed E-state index contributed by atoms with van der Waals surface area (Å²) in [4.78, 5) is 7.09. The van der Waals surface area contributed by atoms with Crippen molar-refractivity contribution in [1.82, 2.24) is 9.88 Å². The molecule has 4 heteroatoms. The number of piperidine rings is 1. The molecule has 0 saturated carbocycles. The van der Waals surface area contributed by atoms with E-state index in [9.17, 15) is 0 Å². The van der Waals surface area contributed by atoms with Crippen LogP contribution in [0, 0.1) is 0 Å². The van der Waals surface area contributed by atoms with E-state index >= 15 is 0 Å². The number of likely N-dealkylation sites (tertiary alicyclic amines) is 1. The topological polar surface area (TPSA) is 42.1 Å². The highest BCUT2D eigenvalue weighted by Crippen LogP contribution is 2.30. The fourth-order valence-electron chi connectivity index (χ4n) is 2.61. The molecular weight excluding hydrogens is 230 g/mol. The Hall–Kier alpha value is -0.970. The highest BCUT2D eigenvalue weighted by atomic mass is 32.1. The normalized spacial score (nSPS) is 26.5. The van der Waals surface area contributed by atoms with Crippen molar-refractivity contribution in [2.75, 3.05) is 13.6 Å². The molecule has 1 aliphatic rings. The fourth-order valence-corrected chi connectivity index (χ4v) is 3.33. The molecule has 3 nitrogen and oxygen atoms in total. The second-order valence-corrected chi connectivity index (χ2v) is 5.78. The molecule has 0 aromatic carbocycles. The van der Waals surface area contributed by atoms with Crippen LogP contribution in [0.3, 0.4) is 0 Å². The number of aromatic nitrogens is 1. The van der Waals surface area contributed by atoms with Crippen LogP contribution in [0.25, 0.3) is 10.2 Å². The zero-order chi connectivity index (χ0) is 11.8. The fraction of sp³-hybridized carbons (Fsp3) is 0.462. The first-order valence-electron chi connectivity index (χ1n) is 6.04. The quantitative estimate of drug-likeness (QED) is 0.841. The largest absolute Gasteiger partial charge is 0.327 e. The van der Waals surface area contributed by atoms with Crippen molar-refractivity contribution >= 4 is 21.6 Å². The Kier molecular flexibility index (Phi) is 2.86. The number of pyridine rings is 1. The van der Waals surface area contributed by atoms with E-state index < -0.39 is 0 Å². The third-order valence-electron chi connectivity index (χ3n) is 3.54. The average Bonchev–Trinajstić information content (AvgIpc) is 2.75. The lowest BCUT2D eigenvalue weighted by Crippen LogP contribution is -2.42. The lowest BCUT2D eigenvalue weighted by atomic mass is 9.97. The third-order valence-corrected chi connectivity index (χ3v) is 4.41. The Labute approximate surface area is 105 Å². The number of nitrogens with zero attached hydrogens (tertiary/aromatic N) is 2. The van der Waals surface area contributed by atoms with Gasteiger partial charge >= 0.3 is 0 Å². The van der Waals surface area contributed by atoms with Gasteiger partial charge in [0.25, 0.3) is 0 Å². The van der Waals surface area contributed by atoms with Crippen molar-refractivity contribution in [2.45, 2.75) is 24.9 Å². The summed E-state index contributed by atoms with van der Waals surface area (Å²) in [5, 5.41) is 2.10. The van der Waals surface area contributed by atoms with Gasteiger partial charge in [-0.2, -0.15) is 0 Å². The minimum atomic E-state index is 0.320. The van der Waals surface area contributed by atoms with Crippen LogP contribution in [-0.2, 0) is 0 Å². The number of nitrogens with two attached hydrogens (primary N) is 1. The van der Waals surface area contributed by atoms with Gasteiger partial charge in [0.2, 0.25) is 0 Å². The van der Waals surface area contributed by atoms with Crippen LogP contribution in [0.1, 0.15) is 24.6 Å². The Morgan fingerprint density at radius 1 is 1.35 bits per heavy atom. The van der Waals surface area contributed by atoms with Crippen molar-refractivity contribution in [1.29, 1.82) is 0 Å². The third kappa shape index (κ3) is 2.08. The molecule has 2 atom stereocenters. The monoisotopic (exact) mass is 247 g/mol. The molecule has 3 rings (SSSR count). The molecule has 17 heavy (non-hydrogen) atoms. The Morgan fingerprint density at radius 2 is 2.24 bits per heavy atom. The lowest BCUT2D eigenvalue weighted by molar-refractivity contribution is 0.166. The van der Waals surface area contributed by atoms with Crippen LogP contribution in [0.4, 0.5) is 0 Å². The molecule has 2 aromatic heterocycles. The van der Waals surface area contributed by atoms with Crippen molar-refractivity contribution in [2.24, 2.45) is 5.73 Å². The summed E-state index contributed by atoms with van der Waals surface area (Å²) < 4.78 is 1.27. The second-order valence-electron chi connectivity index (χ2n) is 4.83. The molecule has 1 aliphatic heterocycles. The summed E-state index contributed by atoms with van der Waals surface area (Å²) in [5.74, 6) is 0. The van der Waals surface area contributed by atoms with Crippen LogP contribution in [0.15, 0.2) is 23.6 Å². The first kappa shape index (κ1) is 11.1. The van der Waals surface area contributed by atoms with E-state index in [1.807, 2.05) is 0 Å². The number of rotatable bonds is 1. The van der Waals surface area contributed by atoms with Crippen LogP contribution in [-0.4, -0.2) is 29.5 Å². The van der Waals surface area contributed by atoms with Crippen LogP contribution >= 0.6 is 11.3 Å². The Bertz CT molecular complexity index is 522. The average molecular weight is 247 g/mol. The molecule has 90 valence electrons. The van der Waals surface area contributed by atoms with Gasteiger partial charge in [0.1, 0.15) is 0 Å². The van der Waals surface area contributed by atoms with Crippen molar-refractivity contribution in [3.63, 3.8) is 0 Å². The lowest BCUT2D eigenvalue weighted by Gasteiger charge is -2.35. The maximum atomic E-state index is 5.98. The summed E-state index contributed by atoms with van der Waals surface area (Å²) >= 11 is 1.75. The highest BCUT2D eigenvalue weighted by molar-refractivity contribution is 7.17. The Balaban J connectivity index is 1.92. The van der Waals surface area contributed by atoms with Gasteiger partial charge < -0.3 is 5.73 Å². The second kappa shape index (κ2) is 4.37. The maximum absolute atomic E-state index is 5.98. The van der Waals surface area contributed by atoms with E-state index in [4.69, 9.17) is 10.7 Å². The number of likely N-dealkylation sites (N-methyl/N-ethyl adjacent to an activating group) is 1. The van der Waals surface area contributed by atoms with E-state index in [0.717, 1.165) is 24.9 Å². The number of hydrogen-bond acceptors (Lipinski definition) is 4. The van der Waals surface area contributed by atoms with Gasteiger partial charge in [-0.05, 0) is 43.5 Å². The van der Waals surface area contributed by atoms with Crippen LogP contribution in [0.5, 0.6) is 0 Å². The molecule has 2 aromatic rings. The van der Waals surface area contributed by atoms with E-state index in [-0.39, 0.29) is 0 Å². The predicted molar refractivity (Wildman–Crippen MR) is 72.2 cm³/mol. The standard InChI is InChI=1S/C13H17N3S/c1-16-8-9(14)2-4-12(16)10-3-5-13-11(15-10)6-7-17-13/h3,5-7,9,12H,2,4,8,14H2,1H3. The SMILES string of the molecule is CN1CC(N)CCC1c1ccc2sccc2n1. The summed E-state index contributed by atoms with van der Waals surface area (Å²) in [6, 6.07) is 7.19. The number of hydrogen-bond donors (Lipinski definition) is 1. The van der Waals surface area contributed by atoms with Gasteiger partial charge in [0, 0.05) is 12.6 Å². The zero-order valence-electron chi connectivity index (χ0n) is 9.97. The molecule has 0 bridgehead atoms. The molecule has 2 unspecified atom stereocenters. The summed E-state index contributed by atoms with van der Waals surface area (Å²) in [5.41, 5.74) is 8.29. The summed E-state index contributed by atoms with van der Waals surface area (Å²) in [7, 11) is 2.14. The molecule has 3 heterocycles. The minimum absolute atomic E-state index is 0.320. The van der Waals surface area contributed by atoms with Crippen molar-refractivity contribution in [3.05, 3.63) is 29.3 Å². The van der Waals surface area contributed by atoms with Crippen molar-refractivity contribution < 1.29 is 0 Å². The van der Waals surface area contributed by atoms with Crippen molar-refractivity contribution in [3.8, 4) is 0 Å². The zero-order valence-corrected chi connectivity index (χ0v) is 10.8. The molecule has 0 spiro atoms. The first-order valence-corrected chi connectivity index (χ1v) is 6.92. The molecule has 0 radical (unpaired) electrons.